The minimum absolute atomic E-state index is 0.333. The first-order valence-corrected chi connectivity index (χ1v) is 6.35. The second-order valence-corrected chi connectivity index (χ2v) is 5.35. The van der Waals surface area contributed by atoms with Crippen LogP contribution in [0.15, 0.2) is 20.9 Å². The van der Waals surface area contributed by atoms with Crippen LogP contribution in [0.2, 0.25) is 5.02 Å². The van der Waals surface area contributed by atoms with E-state index in [-0.39, 0.29) is 0 Å². The molecule has 0 aromatic carbocycles. The number of aromatic nitrogens is 3. The van der Waals surface area contributed by atoms with Gasteiger partial charge in [-0.25, -0.2) is 20.8 Å². The highest BCUT2D eigenvalue weighted by molar-refractivity contribution is 8.01. The summed E-state index contributed by atoms with van der Waals surface area (Å²) in [4.78, 5) is 12.4. The SMILES string of the molecule is Cc1csc(Sc2nc(NN)ncc2Cl)n1. The van der Waals surface area contributed by atoms with E-state index in [9.17, 15) is 0 Å². The van der Waals surface area contributed by atoms with Crippen LogP contribution in [0.1, 0.15) is 5.69 Å². The van der Waals surface area contributed by atoms with Gasteiger partial charge in [0.15, 0.2) is 4.34 Å². The number of nitrogens with two attached hydrogens (primary N) is 1. The number of hydrogen-bond donors (Lipinski definition) is 2. The van der Waals surface area contributed by atoms with E-state index in [4.69, 9.17) is 17.4 Å². The van der Waals surface area contributed by atoms with E-state index in [2.05, 4.69) is 20.4 Å². The predicted octanol–water partition coefficient (Wildman–Crippen LogP) is 2.33. The third-order valence-electron chi connectivity index (χ3n) is 1.62. The maximum atomic E-state index is 5.97. The zero-order chi connectivity index (χ0) is 11.5. The van der Waals surface area contributed by atoms with E-state index in [1.54, 1.807) is 11.3 Å². The van der Waals surface area contributed by atoms with Crippen molar-refractivity contribution in [2.75, 3.05) is 5.43 Å². The molecule has 5 nitrogen and oxygen atoms in total. The molecular weight excluding hydrogens is 266 g/mol. The summed E-state index contributed by atoms with van der Waals surface area (Å²) in [6.07, 6.45) is 1.51. The molecule has 8 heteroatoms. The quantitative estimate of drug-likeness (QED) is 0.508. The lowest BCUT2D eigenvalue weighted by Gasteiger charge is -2.02. The van der Waals surface area contributed by atoms with Crippen molar-refractivity contribution in [3.05, 3.63) is 22.3 Å². The molecule has 3 N–H and O–H groups in total. The molecule has 0 fully saturated rings. The van der Waals surface area contributed by atoms with Gasteiger partial charge in [-0.2, -0.15) is 0 Å². The number of thiazole rings is 1. The molecule has 0 bridgehead atoms. The topological polar surface area (TPSA) is 76.7 Å². The van der Waals surface area contributed by atoms with Crippen LogP contribution < -0.4 is 11.3 Å². The summed E-state index contributed by atoms with van der Waals surface area (Å²) in [7, 11) is 0. The number of hydrazine groups is 1. The molecule has 0 aliphatic carbocycles. The van der Waals surface area contributed by atoms with E-state index in [0.29, 0.717) is 16.0 Å². The number of rotatable bonds is 3. The highest BCUT2D eigenvalue weighted by atomic mass is 35.5. The summed E-state index contributed by atoms with van der Waals surface area (Å²) in [5.41, 5.74) is 3.36. The van der Waals surface area contributed by atoms with Gasteiger partial charge in [0.1, 0.15) is 5.03 Å². The van der Waals surface area contributed by atoms with Gasteiger partial charge >= 0.3 is 0 Å². The number of hydrogen-bond acceptors (Lipinski definition) is 7. The molecule has 2 rings (SSSR count). The Hall–Kier alpha value is -0.890. The fourth-order valence-corrected chi connectivity index (χ4v) is 2.89. The van der Waals surface area contributed by atoms with Crippen LogP contribution in [0, 0.1) is 6.92 Å². The van der Waals surface area contributed by atoms with Gasteiger partial charge < -0.3 is 0 Å². The zero-order valence-electron chi connectivity index (χ0n) is 8.27. The molecule has 0 atom stereocenters. The van der Waals surface area contributed by atoms with Crippen LogP contribution in [0.25, 0.3) is 0 Å². The summed E-state index contributed by atoms with van der Waals surface area (Å²) >= 11 is 8.91. The normalized spacial score (nSPS) is 10.4. The van der Waals surface area contributed by atoms with E-state index in [1.807, 2.05) is 12.3 Å². The van der Waals surface area contributed by atoms with Gasteiger partial charge in [-0.05, 0) is 18.7 Å². The minimum atomic E-state index is 0.333. The monoisotopic (exact) mass is 273 g/mol. The Bertz CT molecular complexity index is 501. The average Bonchev–Trinajstić information content (AvgIpc) is 2.67. The maximum absolute atomic E-state index is 5.97. The van der Waals surface area contributed by atoms with Crippen molar-refractivity contribution in [2.45, 2.75) is 16.3 Å². The summed E-state index contributed by atoms with van der Waals surface area (Å²) in [6, 6.07) is 0. The summed E-state index contributed by atoms with van der Waals surface area (Å²) < 4.78 is 0.890. The second-order valence-electron chi connectivity index (χ2n) is 2.85. The van der Waals surface area contributed by atoms with Gasteiger partial charge in [-0.15, -0.1) is 11.3 Å². The number of nitrogens with one attached hydrogen (secondary N) is 1. The molecule has 0 unspecified atom stereocenters. The molecule has 0 saturated carbocycles. The number of halogens is 1. The Labute approximate surface area is 105 Å². The third kappa shape index (κ3) is 2.62. The first kappa shape index (κ1) is 11.6. The Morgan fingerprint density at radius 1 is 1.50 bits per heavy atom. The van der Waals surface area contributed by atoms with E-state index in [1.165, 1.54) is 18.0 Å². The molecule has 0 aliphatic heterocycles. The van der Waals surface area contributed by atoms with Crippen molar-refractivity contribution in [1.29, 1.82) is 0 Å². The molecule has 2 aromatic heterocycles. The molecular formula is C8H8ClN5S2. The van der Waals surface area contributed by atoms with Gasteiger partial charge in [-0.3, -0.25) is 5.43 Å². The molecule has 0 spiro atoms. The van der Waals surface area contributed by atoms with Crippen molar-refractivity contribution in [3.8, 4) is 0 Å². The molecule has 16 heavy (non-hydrogen) atoms. The molecule has 0 amide bonds. The molecule has 2 heterocycles. The van der Waals surface area contributed by atoms with Crippen LogP contribution in [0.4, 0.5) is 5.95 Å². The van der Waals surface area contributed by atoms with Crippen LogP contribution in [-0.4, -0.2) is 15.0 Å². The van der Waals surface area contributed by atoms with Crippen molar-refractivity contribution in [2.24, 2.45) is 5.84 Å². The van der Waals surface area contributed by atoms with Gasteiger partial charge in [0.05, 0.1) is 11.2 Å². The maximum Gasteiger partial charge on any atom is 0.238 e. The molecule has 0 aliphatic rings. The molecule has 0 saturated heterocycles. The second kappa shape index (κ2) is 4.96. The predicted molar refractivity (Wildman–Crippen MR) is 65.8 cm³/mol. The minimum Gasteiger partial charge on any atom is -0.292 e. The zero-order valence-corrected chi connectivity index (χ0v) is 10.7. The van der Waals surface area contributed by atoms with Crippen molar-refractivity contribution >= 4 is 40.6 Å². The van der Waals surface area contributed by atoms with Gasteiger partial charge in [0.2, 0.25) is 5.95 Å². The molecule has 2 aromatic rings. The number of aryl methyl sites for hydroxylation is 1. The lowest BCUT2D eigenvalue weighted by Crippen LogP contribution is -2.10. The first-order valence-electron chi connectivity index (χ1n) is 4.28. The smallest absolute Gasteiger partial charge is 0.238 e. The lowest BCUT2D eigenvalue weighted by molar-refractivity contribution is 1.02. The Balaban J connectivity index is 2.26. The lowest BCUT2D eigenvalue weighted by atomic mass is 10.6. The highest BCUT2D eigenvalue weighted by Gasteiger charge is 2.09. The van der Waals surface area contributed by atoms with E-state index in [0.717, 1.165) is 10.0 Å². The fourth-order valence-electron chi connectivity index (χ4n) is 0.955. The number of anilines is 1. The first-order chi connectivity index (χ1) is 7.69. The van der Waals surface area contributed by atoms with Gasteiger partial charge in [-0.1, -0.05) is 11.6 Å². The molecule has 0 radical (unpaired) electrons. The largest absolute Gasteiger partial charge is 0.292 e. The average molecular weight is 274 g/mol. The van der Waals surface area contributed by atoms with Gasteiger partial charge in [0, 0.05) is 11.1 Å². The Kier molecular flexibility index (Phi) is 3.59. The van der Waals surface area contributed by atoms with E-state index >= 15 is 0 Å². The van der Waals surface area contributed by atoms with Crippen LogP contribution in [-0.2, 0) is 0 Å². The Morgan fingerprint density at radius 3 is 2.94 bits per heavy atom. The highest BCUT2D eigenvalue weighted by Crippen LogP contribution is 2.33. The van der Waals surface area contributed by atoms with Crippen LogP contribution >= 0.6 is 34.7 Å². The number of nitrogens with zero attached hydrogens (tertiary/aromatic N) is 3. The fraction of sp³-hybridized carbons (Fsp3) is 0.125. The Morgan fingerprint density at radius 2 is 2.31 bits per heavy atom. The summed E-state index contributed by atoms with van der Waals surface area (Å²) in [5, 5.41) is 3.09. The van der Waals surface area contributed by atoms with Crippen LogP contribution in [0.3, 0.4) is 0 Å². The molecule has 84 valence electrons. The van der Waals surface area contributed by atoms with Gasteiger partial charge in [0.25, 0.3) is 0 Å². The summed E-state index contributed by atoms with van der Waals surface area (Å²) in [5.74, 6) is 5.56. The van der Waals surface area contributed by atoms with Crippen molar-refractivity contribution < 1.29 is 0 Å². The summed E-state index contributed by atoms with van der Waals surface area (Å²) in [6.45, 7) is 1.94. The number of nitrogen functional groups attached to an aromatic ring is 1. The van der Waals surface area contributed by atoms with Crippen LogP contribution in [0.5, 0.6) is 0 Å². The van der Waals surface area contributed by atoms with E-state index < -0.39 is 0 Å². The van der Waals surface area contributed by atoms with Crippen molar-refractivity contribution in [1.82, 2.24) is 15.0 Å². The standard InChI is InChI=1S/C8H8ClN5S2/c1-4-3-15-8(12-4)16-6-5(9)2-11-7(13-6)14-10/h2-3H,10H2,1H3,(H,11,13,14). The van der Waals surface area contributed by atoms with Crippen molar-refractivity contribution in [3.63, 3.8) is 0 Å². The third-order valence-corrected chi connectivity index (χ3v) is 4.07.